The molecule has 17 heteroatoms. The number of hydrogen-bond acceptors (Lipinski definition) is 1. The molecule has 3 unspecified atom stereocenters. The van der Waals surface area contributed by atoms with Crippen molar-refractivity contribution in [2.24, 2.45) is 0 Å². The molecule has 0 radical (unpaired) electrons. The summed E-state index contributed by atoms with van der Waals surface area (Å²) >= 11 is -10.8. The second-order valence-corrected chi connectivity index (χ2v) is 19.5. The minimum absolute atomic E-state index is 0.172. The van der Waals surface area contributed by atoms with Gasteiger partial charge in [-0.15, -0.1) is 0 Å². The van der Waals surface area contributed by atoms with E-state index in [4.69, 9.17) is 0 Å². The van der Waals surface area contributed by atoms with Crippen LogP contribution in [0, 0.1) is 0 Å². The summed E-state index contributed by atoms with van der Waals surface area (Å²) in [6.45, 7) is -1.33. The number of halogens is 15. The summed E-state index contributed by atoms with van der Waals surface area (Å²) in [5.74, 6) is -20.1. The molecule has 0 spiro atoms. The molecule has 0 aliphatic carbocycles. The molecule has 0 rings (SSSR count). The molecule has 0 aromatic carbocycles. The SMILES string of the molecule is CCCCCCCCCC[O][Sn]([C](F)(F)C(F)(F)C(C)F)([C](F)(F)C(F)(F)C(C)F)[C](F)(F)C(F)(F)C(C)F. The Balaban J connectivity index is 7.12. The van der Waals surface area contributed by atoms with Crippen LogP contribution < -0.4 is 0 Å². The van der Waals surface area contributed by atoms with Crippen molar-refractivity contribution in [2.45, 2.75) is 127 Å². The molecule has 0 amide bonds. The molecule has 0 bridgehead atoms. The van der Waals surface area contributed by atoms with Crippen molar-refractivity contribution in [3.8, 4) is 0 Å². The predicted octanol–water partition coefficient (Wildman–Crippen LogP) is 9.59. The van der Waals surface area contributed by atoms with Crippen molar-refractivity contribution >= 4 is 18.8 Å². The molecule has 39 heavy (non-hydrogen) atoms. The summed E-state index contributed by atoms with van der Waals surface area (Å²) in [6, 6.07) is 0. The van der Waals surface area contributed by atoms with Gasteiger partial charge in [-0.05, 0) is 0 Å². The third-order valence-corrected chi connectivity index (χ3v) is 18.6. The Morgan fingerprint density at radius 2 is 0.744 bits per heavy atom. The first kappa shape index (κ1) is 38.7. The summed E-state index contributed by atoms with van der Waals surface area (Å²) in [6.07, 6.45) is -10.4. The van der Waals surface area contributed by atoms with Gasteiger partial charge in [0.05, 0.1) is 0 Å². The van der Waals surface area contributed by atoms with Crippen molar-refractivity contribution < 1.29 is 68.9 Å². The van der Waals surface area contributed by atoms with E-state index in [-0.39, 0.29) is 12.8 Å². The van der Waals surface area contributed by atoms with E-state index in [0.717, 1.165) is 19.3 Å². The molecule has 0 aromatic rings. The van der Waals surface area contributed by atoms with Crippen LogP contribution in [-0.2, 0) is 3.07 Å². The van der Waals surface area contributed by atoms with Gasteiger partial charge in [0.1, 0.15) is 0 Å². The summed E-state index contributed by atoms with van der Waals surface area (Å²) < 4.78 is 200. The molecule has 236 valence electrons. The quantitative estimate of drug-likeness (QED) is 0.0735. The predicted molar refractivity (Wildman–Crippen MR) is 116 cm³/mol. The van der Waals surface area contributed by atoms with Crippen LogP contribution in [0.15, 0.2) is 0 Å². The molecule has 0 aliphatic rings. The van der Waals surface area contributed by atoms with Crippen LogP contribution in [0.1, 0.15) is 79.1 Å². The van der Waals surface area contributed by atoms with Gasteiger partial charge < -0.3 is 0 Å². The first-order valence-corrected chi connectivity index (χ1v) is 17.7. The van der Waals surface area contributed by atoms with Crippen LogP contribution in [0.5, 0.6) is 0 Å². The first-order valence-electron chi connectivity index (χ1n) is 12.2. The van der Waals surface area contributed by atoms with Crippen molar-refractivity contribution in [1.29, 1.82) is 0 Å². The summed E-state index contributed by atoms with van der Waals surface area (Å²) in [5.41, 5.74) is 0. The molecule has 0 saturated heterocycles. The van der Waals surface area contributed by atoms with E-state index in [0.29, 0.717) is 12.8 Å². The maximum atomic E-state index is 15.2. The zero-order valence-corrected chi connectivity index (χ0v) is 24.5. The van der Waals surface area contributed by atoms with Gasteiger partial charge in [0.2, 0.25) is 0 Å². The van der Waals surface area contributed by atoms with Crippen molar-refractivity contribution in [2.75, 3.05) is 6.61 Å². The third kappa shape index (κ3) is 6.86. The molecular weight excluding hydrogens is 684 g/mol. The Morgan fingerprint density at radius 3 is 1.00 bits per heavy atom. The van der Waals surface area contributed by atoms with Crippen LogP contribution >= 0.6 is 0 Å². The van der Waals surface area contributed by atoms with Gasteiger partial charge in [-0.1, -0.05) is 0 Å². The Morgan fingerprint density at radius 1 is 0.487 bits per heavy atom. The number of alkyl halides is 15. The average molecular weight is 717 g/mol. The monoisotopic (exact) mass is 718 g/mol. The van der Waals surface area contributed by atoms with Crippen molar-refractivity contribution in [3.63, 3.8) is 0 Å². The van der Waals surface area contributed by atoms with E-state index in [9.17, 15) is 39.5 Å². The Kier molecular flexibility index (Phi) is 13.7. The fraction of sp³-hybridized carbons (Fsp3) is 1.00. The molecule has 1 nitrogen and oxygen atoms in total. The minimum atomic E-state index is -10.8. The number of hydrogen-bond donors (Lipinski definition) is 0. The van der Waals surface area contributed by atoms with Crippen molar-refractivity contribution in [1.82, 2.24) is 0 Å². The fourth-order valence-electron chi connectivity index (χ4n) is 3.78. The molecule has 0 aromatic heterocycles. The van der Waals surface area contributed by atoms with Crippen molar-refractivity contribution in [3.05, 3.63) is 0 Å². The van der Waals surface area contributed by atoms with Gasteiger partial charge >= 0.3 is 221 Å². The van der Waals surface area contributed by atoms with Gasteiger partial charge in [0.25, 0.3) is 0 Å². The van der Waals surface area contributed by atoms with Crippen LogP contribution in [0.4, 0.5) is 65.9 Å². The van der Waals surface area contributed by atoms with Crippen LogP contribution in [0.2, 0.25) is 0 Å². The number of unbranched alkanes of at least 4 members (excludes halogenated alkanes) is 7. The molecule has 0 aliphatic heterocycles. The number of rotatable bonds is 19. The van der Waals surface area contributed by atoms with Crippen LogP contribution in [0.3, 0.4) is 0 Å². The van der Waals surface area contributed by atoms with Gasteiger partial charge in [0, 0.05) is 0 Å². The van der Waals surface area contributed by atoms with Gasteiger partial charge in [-0.3, -0.25) is 0 Å². The van der Waals surface area contributed by atoms with E-state index in [2.05, 4.69) is 3.07 Å². The van der Waals surface area contributed by atoms with E-state index in [1.54, 1.807) is 0 Å². The zero-order chi connectivity index (χ0) is 31.3. The molecule has 0 saturated carbocycles. The summed E-state index contributed by atoms with van der Waals surface area (Å²) in [5, 5.41) is 0. The first-order chi connectivity index (χ1) is 17.4. The Labute approximate surface area is 221 Å². The normalized spacial score (nSPS) is 18.5. The summed E-state index contributed by atoms with van der Waals surface area (Å²) in [4.78, 5) is 0. The molecule has 0 heterocycles. The van der Waals surface area contributed by atoms with Gasteiger partial charge in [0.15, 0.2) is 0 Å². The fourth-order valence-corrected chi connectivity index (χ4v) is 15.7. The second kappa shape index (κ2) is 13.8. The molecule has 0 N–H and O–H groups in total. The molecule has 0 fully saturated rings. The average Bonchev–Trinajstić information content (AvgIpc) is 2.78. The van der Waals surface area contributed by atoms with E-state index >= 15 is 26.3 Å². The van der Waals surface area contributed by atoms with E-state index in [1.807, 2.05) is 6.92 Å². The van der Waals surface area contributed by atoms with Crippen LogP contribution in [-0.4, -0.2) is 73.5 Å². The van der Waals surface area contributed by atoms with Gasteiger partial charge in [-0.2, -0.15) is 0 Å². The second-order valence-electron chi connectivity index (χ2n) is 9.44. The van der Waals surface area contributed by atoms with Gasteiger partial charge in [-0.25, -0.2) is 0 Å². The van der Waals surface area contributed by atoms with Crippen LogP contribution in [0.25, 0.3) is 0 Å². The Bertz CT molecular complexity index is 662. The van der Waals surface area contributed by atoms with E-state index in [1.165, 1.54) is 0 Å². The zero-order valence-electron chi connectivity index (χ0n) is 21.7. The topological polar surface area (TPSA) is 9.23 Å². The molecule has 3 atom stereocenters. The third-order valence-electron chi connectivity index (χ3n) is 6.40. The maximum absolute atomic E-state index is 15.2. The van der Waals surface area contributed by atoms with E-state index < -0.39 is 101 Å². The molecular formula is C22H33F15OSn. The Hall–Kier alpha value is -0.291. The standard InChI is InChI=1S/C10H21O.3C4H4F5.Sn/c1-2-3-4-5-6-7-8-9-10-11;3*1-2(5)4(8,9)3(6)7;/h2-10H2,1H3;3*2H,1H3;/q-1;;;;+1. The summed E-state index contributed by atoms with van der Waals surface area (Å²) in [7, 11) is 0.